The topological polar surface area (TPSA) is 45.2 Å². The molecule has 1 aromatic carbocycles. The molecule has 3 heteroatoms. The third-order valence-electron chi connectivity index (χ3n) is 4.42. The number of aromatic nitrogens is 1. The summed E-state index contributed by atoms with van der Waals surface area (Å²) in [6.07, 6.45) is 11.1. The van der Waals surface area contributed by atoms with E-state index in [2.05, 4.69) is 16.4 Å². The quantitative estimate of drug-likeness (QED) is 0.839. The Kier molecular flexibility index (Phi) is 4.94. The summed E-state index contributed by atoms with van der Waals surface area (Å²) >= 11 is 0. The molecule has 0 spiro atoms. The van der Waals surface area contributed by atoms with Crippen molar-refractivity contribution in [3.05, 3.63) is 42.6 Å². The van der Waals surface area contributed by atoms with Gasteiger partial charge in [0.2, 0.25) is 0 Å². The van der Waals surface area contributed by atoms with Crippen LogP contribution >= 0.6 is 0 Å². The monoisotopic (exact) mass is 296 g/mol. The van der Waals surface area contributed by atoms with Crippen molar-refractivity contribution in [3.8, 4) is 16.9 Å². The predicted octanol–water partition coefficient (Wildman–Crippen LogP) is 4.98. The van der Waals surface area contributed by atoms with Crippen LogP contribution in [0.25, 0.3) is 11.1 Å². The normalized spacial score (nSPS) is 16.7. The van der Waals surface area contributed by atoms with Crippen molar-refractivity contribution in [3.63, 3.8) is 0 Å². The van der Waals surface area contributed by atoms with Crippen LogP contribution in [0.5, 0.6) is 5.75 Å². The lowest BCUT2D eigenvalue weighted by molar-refractivity contribution is 0.471. The molecule has 1 heterocycles. The molecule has 0 unspecified atom stereocenters. The van der Waals surface area contributed by atoms with Gasteiger partial charge in [-0.15, -0.1) is 0 Å². The first-order valence-electron chi connectivity index (χ1n) is 8.33. The molecule has 22 heavy (non-hydrogen) atoms. The van der Waals surface area contributed by atoms with Crippen molar-refractivity contribution < 1.29 is 5.11 Å². The first-order valence-corrected chi connectivity index (χ1v) is 8.33. The minimum atomic E-state index is 0.297. The minimum absolute atomic E-state index is 0.297. The smallest absolute Gasteiger partial charge is 0.126 e. The highest BCUT2D eigenvalue weighted by molar-refractivity contribution is 5.66. The van der Waals surface area contributed by atoms with Crippen molar-refractivity contribution in [2.24, 2.45) is 0 Å². The van der Waals surface area contributed by atoms with E-state index < -0.39 is 0 Å². The van der Waals surface area contributed by atoms with E-state index in [-0.39, 0.29) is 0 Å². The lowest BCUT2D eigenvalue weighted by atomic mass is 9.96. The number of benzene rings is 1. The number of pyridine rings is 1. The first-order chi connectivity index (χ1) is 10.8. The summed E-state index contributed by atoms with van der Waals surface area (Å²) in [5.74, 6) is 1.25. The molecule has 0 bridgehead atoms. The van der Waals surface area contributed by atoms with Crippen molar-refractivity contribution in [1.82, 2.24) is 4.98 Å². The Morgan fingerprint density at radius 3 is 2.27 bits per heavy atom. The van der Waals surface area contributed by atoms with E-state index in [0.717, 1.165) is 16.9 Å². The number of anilines is 1. The molecule has 0 amide bonds. The molecule has 2 N–H and O–H groups in total. The van der Waals surface area contributed by atoms with Gasteiger partial charge in [0.25, 0.3) is 0 Å². The molecule has 1 fully saturated rings. The van der Waals surface area contributed by atoms with Gasteiger partial charge in [-0.3, -0.25) is 0 Å². The van der Waals surface area contributed by atoms with Gasteiger partial charge in [-0.1, -0.05) is 44.2 Å². The minimum Gasteiger partial charge on any atom is -0.508 e. The molecule has 3 rings (SSSR count). The zero-order valence-electron chi connectivity index (χ0n) is 13.0. The lowest BCUT2D eigenvalue weighted by Gasteiger charge is -2.21. The van der Waals surface area contributed by atoms with E-state index in [0.29, 0.717) is 11.8 Å². The van der Waals surface area contributed by atoms with Crippen LogP contribution in [0.15, 0.2) is 42.6 Å². The van der Waals surface area contributed by atoms with Crippen LogP contribution in [0, 0.1) is 0 Å². The summed E-state index contributed by atoms with van der Waals surface area (Å²) in [4.78, 5) is 4.47. The third-order valence-corrected chi connectivity index (χ3v) is 4.42. The van der Waals surface area contributed by atoms with Gasteiger partial charge in [0.05, 0.1) is 0 Å². The van der Waals surface area contributed by atoms with Gasteiger partial charge in [0.15, 0.2) is 0 Å². The van der Waals surface area contributed by atoms with E-state index in [4.69, 9.17) is 0 Å². The largest absolute Gasteiger partial charge is 0.508 e. The molecular formula is C19H24N2O. The summed E-state index contributed by atoms with van der Waals surface area (Å²) in [5.41, 5.74) is 2.23. The molecule has 1 aromatic heterocycles. The van der Waals surface area contributed by atoms with Crippen LogP contribution in [-0.4, -0.2) is 16.1 Å². The van der Waals surface area contributed by atoms with Gasteiger partial charge in [-0.05, 0) is 48.2 Å². The molecule has 1 aliphatic rings. The molecule has 0 radical (unpaired) electrons. The Morgan fingerprint density at radius 2 is 1.55 bits per heavy atom. The summed E-state index contributed by atoms with van der Waals surface area (Å²) in [7, 11) is 0. The van der Waals surface area contributed by atoms with E-state index in [1.807, 2.05) is 24.4 Å². The van der Waals surface area contributed by atoms with Crippen LogP contribution in [0.3, 0.4) is 0 Å². The number of nitrogens with one attached hydrogen (secondary N) is 1. The SMILES string of the molecule is Oc1ccc(-c2ccnc(NC3CCCCCCC3)c2)cc1. The van der Waals surface area contributed by atoms with Crippen molar-refractivity contribution >= 4 is 5.82 Å². The Labute approximate surface area is 132 Å². The van der Waals surface area contributed by atoms with Crippen molar-refractivity contribution in [1.29, 1.82) is 0 Å². The second-order valence-electron chi connectivity index (χ2n) is 6.16. The van der Waals surface area contributed by atoms with Gasteiger partial charge < -0.3 is 10.4 Å². The molecule has 0 atom stereocenters. The zero-order chi connectivity index (χ0) is 15.2. The molecule has 1 aliphatic carbocycles. The van der Waals surface area contributed by atoms with Gasteiger partial charge >= 0.3 is 0 Å². The number of phenolic OH excluding ortho intramolecular Hbond substituents is 1. The predicted molar refractivity (Wildman–Crippen MR) is 91.1 cm³/mol. The van der Waals surface area contributed by atoms with E-state index >= 15 is 0 Å². The van der Waals surface area contributed by atoms with Gasteiger partial charge in [-0.25, -0.2) is 4.98 Å². The maximum Gasteiger partial charge on any atom is 0.126 e. The zero-order valence-corrected chi connectivity index (χ0v) is 13.0. The highest BCUT2D eigenvalue weighted by Crippen LogP contribution is 2.25. The van der Waals surface area contributed by atoms with Gasteiger partial charge in [-0.2, -0.15) is 0 Å². The Bertz CT molecular complexity index is 587. The Morgan fingerprint density at radius 1 is 0.864 bits per heavy atom. The molecule has 0 saturated heterocycles. The number of aromatic hydroxyl groups is 1. The average Bonchev–Trinajstić information content (AvgIpc) is 2.51. The first kappa shape index (κ1) is 14.9. The van der Waals surface area contributed by atoms with Crippen molar-refractivity contribution in [2.75, 3.05) is 5.32 Å². The van der Waals surface area contributed by atoms with Crippen LogP contribution in [-0.2, 0) is 0 Å². The van der Waals surface area contributed by atoms with E-state index in [1.165, 1.54) is 44.9 Å². The standard InChI is InChI=1S/C19H24N2O/c22-18-10-8-15(9-11-18)16-12-13-20-19(14-16)21-17-6-4-2-1-3-5-7-17/h8-14,17,22H,1-7H2,(H,20,21). The average molecular weight is 296 g/mol. The molecule has 0 aliphatic heterocycles. The number of rotatable bonds is 3. The number of phenols is 1. The highest BCUT2D eigenvalue weighted by atomic mass is 16.3. The highest BCUT2D eigenvalue weighted by Gasteiger charge is 2.12. The summed E-state index contributed by atoms with van der Waals surface area (Å²) in [5, 5.41) is 13.0. The Hall–Kier alpha value is -2.03. The molecule has 2 aromatic rings. The number of hydrogen-bond acceptors (Lipinski definition) is 3. The fourth-order valence-electron chi connectivity index (χ4n) is 3.15. The summed E-state index contributed by atoms with van der Waals surface area (Å²) in [6, 6.07) is 12.0. The fraction of sp³-hybridized carbons (Fsp3) is 0.421. The van der Waals surface area contributed by atoms with Crippen LogP contribution < -0.4 is 5.32 Å². The summed E-state index contributed by atoms with van der Waals surface area (Å²) in [6.45, 7) is 0. The maximum absolute atomic E-state index is 9.40. The van der Waals surface area contributed by atoms with Gasteiger partial charge in [0, 0.05) is 12.2 Å². The molecule has 3 nitrogen and oxygen atoms in total. The van der Waals surface area contributed by atoms with Crippen molar-refractivity contribution in [2.45, 2.75) is 51.0 Å². The number of hydrogen-bond donors (Lipinski definition) is 2. The molecule has 116 valence electrons. The summed E-state index contributed by atoms with van der Waals surface area (Å²) < 4.78 is 0. The van der Waals surface area contributed by atoms with Crippen LogP contribution in [0.1, 0.15) is 44.9 Å². The fourth-order valence-corrected chi connectivity index (χ4v) is 3.15. The van der Waals surface area contributed by atoms with Gasteiger partial charge in [0.1, 0.15) is 11.6 Å². The maximum atomic E-state index is 9.40. The second-order valence-corrected chi connectivity index (χ2v) is 6.16. The Balaban J connectivity index is 1.71. The number of nitrogens with zero attached hydrogens (tertiary/aromatic N) is 1. The van der Waals surface area contributed by atoms with E-state index in [9.17, 15) is 5.11 Å². The van der Waals surface area contributed by atoms with E-state index in [1.54, 1.807) is 12.1 Å². The molecular weight excluding hydrogens is 272 g/mol. The van der Waals surface area contributed by atoms with Crippen LogP contribution in [0.4, 0.5) is 5.82 Å². The lowest BCUT2D eigenvalue weighted by Crippen LogP contribution is -2.21. The second kappa shape index (κ2) is 7.30. The van der Waals surface area contributed by atoms with Crippen LogP contribution in [0.2, 0.25) is 0 Å². The molecule has 1 saturated carbocycles. The third kappa shape index (κ3) is 4.00.